The number of aromatic nitrogens is 1. The number of aryl methyl sites for hydroxylation is 1. The van der Waals surface area contributed by atoms with E-state index in [1.165, 1.54) is 5.69 Å². The van der Waals surface area contributed by atoms with Gasteiger partial charge in [-0.25, -0.2) is 0 Å². The third-order valence-electron chi connectivity index (χ3n) is 7.12. The van der Waals surface area contributed by atoms with Crippen LogP contribution in [-0.4, -0.2) is 22.9 Å². The Labute approximate surface area is 191 Å². The van der Waals surface area contributed by atoms with Gasteiger partial charge in [0, 0.05) is 23.1 Å². The first-order valence-corrected chi connectivity index (χ1v) is 11.6. The molecule has 5 heteroatoms. The lowest BCUT2D eigenvalue weighted by Crippen LogP contribution is -2.22. The molecular formula is C28H25N3O2. The summed E-state index contributed by atoms with van der Waals surface area (Å²) in [5.74, 6) is -0.0759. The average Bonchev–Trinajstić information content (AvgIpc) is 3.34. The van der Waals surface area contributed by atoms with E-state index in [0.717, 1.165) is 58.6 Å². The van der Waals surface area contributed by atoms with E-state index >= 15 is 0 Å². The summed E-state index contributed by atoms with van der Waals surface area (Å²) in [7, 11) is 0. The van der Waals surface area contributed by atoms with Gasteiger partial charge in [-0.1, -0.05) is 54.6 Å². The van der Waals surface area contributed by atoms with Crippen molar-refractivity contribution in [2.45, 2.75) is 25.8 Å². The topological polar surface area (TPSA) is 77.1 Å². The van der Waals surface area contributed by atoms with E-state index in [1.54, 1.807) is 0 Å². The van der Waals surface area contributed by atoms with Gasteiger partial charge in [-0.15, -0.1) is 0 Å². The number of carbonyl (C=O) groups excluding carboxylic acids is 2. The van der Waals surface area contributed by atoms with Gasteiger partial charge in [0.1, 0.15) is 0 Å². The summed E-state index contributed by atoms with van der Waals surface area (Å²) in [6.07, 6.45) is 3.13. The molecular weight excluding hydrogens is 410 g/mol. The van der Waals surface area contributed by atoms with Crippen molar-refractivity contribution in [1.29, 1.82) is 0 Å². The van der Waals surface area contributed by atoms with Crippen LogP contribution in [-0.2, 0) is 22.6 Å². The predicted octanol–water partition coefficient (Wildman–Crippen LogP) is 4.27. The number of carbonyl (C=O) groups is 2. The van der Waals surface area contributed by atoms with Crippen LogP contribution in [0.5, 0.6) is 0 Å². The molecule has 4 aromatic rings. The molecule has 3 aromatic carbocycles. The summed E-state index contributed by atoms with van der Waals surface area (Å²) >= 11 is 0. The number of nitrogens with two attached hydrogens (primary N) is 1. The molecule has 0 bridgehead atoms. The fourth-order valence-electron chi connectivity index (χ4n) is 5.59. The molecule has 1 atom stereocenters. The van der Waals surface area contributed by atoms with Crippen LogP contribution in [0, 0.1) is 5.92 Å². The van der Waals surface area contributed by atoms with Crippen molar-refractivity contribution >= 4 is 44.6 Å². The molecule has 1 aromatic heterocycles. The highest BCUT2D eigenvalue weighted by molar-refractivity contribution is 6.50. The van der Waals surface area contributed by atoms with Crippen molar-refractivity contribution in [1.82, 2.24) is 9.88 Å². The fourth-order valence-corrected chi connectivity index (χ4v) is 5.59. The molecule has 2 amide bonds. The normalized spacial score (nSPS) is 18.3. The Morgan fingerprint density at radius 1 is 0.879 bits per heavy atom. The first-order chi connectivity index (χ1) is 16.2. The maximum absolute atomic E-state index is 13.1. The molecule has 33 heavy (non-hydrogen) atoms. The van der Waals surface area contributed by atoms with Gasteiger partial charge in [-0.2, -0.15) is 0 Å². The second-order valence-corrected chi connectivity index (χ2v) is 9.02. The molecule has 2 aliphatic heterocycles. The summed E-state index contributed by atoms with van der Waals surface area (Å²) in [6, 6.07) is 22.1. The molecule has 0 saturated heterocycles. The van der Waals surface area contributed by atoms with E-state index in [1.807, 2.05) is 54.6 Å². The Balaban J connectivity index is 1.58. The lowest BCUT2D eigenvalue weighted by Gasteiger charge is -2.24. The van der Waals surface area contributed by atoms with E-state index < -0.39 is 0 Å². The molecule has 5 nitrogen and oxygen atoms in total. The largest absolute Gasteiger partial charge is 0.345 e. The predicted molar refractivity (Wildman–Crippen MR) is 131 cm³/mol. The van der Waals surface area contributed by atoms with E-state index in [4.69, 9.17) is 5.73 Å². The second kappa shape index (κ2) is 7.71. The molecule has 0 fully saturated rings. The molecule has 0 aliphatic carbocycles. The monoisotopic (exact) mass is 435 g/mol. The molecule has 1 unspecified atom stereocenters. The smallest absolute Gasteiger partial charge is 0.259 e. The molecule has 3 heterocycles. The van der Waals surface area contributed by atoms with E-state index in [9.17, 15) is 9.59 Å². The van der Waals surface area contributed by atoms with Gasteiger partial charge < -0.3 is 10.3 Å². The molecule has 0 spiro atoms. The van der Waals surface area contributed by atoms with Crippen LogP contribution in [0.1, 0.15) is 29.7 Å². The van der Waals surface area contributed by atoms with Crippen molar-refractivity contribution in [3.8, 4) is 0 Å². The van der Waals surface area contributed by atoms with Crippen LogP contribution >= 0.6 is 0 Å². The Hall–Kier alpha value is -3.70. The molecule has 164 valence electrons. The van der Waals surface area contributed by atoms with Gasteiger partial charge in [0.05, 0.1) is 11.1 Å². The van der Waals surface area contributed by atoms with Gasteiger partial charge in [-0.3, -0.25) is 14.9 Å². The molecule has 6 rings (SSSR count). The molecule has 0 saturated carbocycles. The summed E-state index contributed by atoms with van der Waals surface area (Å²) in [5.41, 5.74) is 10.7. The maximum atomic E-state index is 13.1. The van der Waals surface area contributed by atoms with Crippen LogP contribution in [0.3, 0.4) is 0 Å². The first kappa shape index (κ1) is 19.9. The first-order valence-electron chi connectivity index (χ1n) is 11.6. The Morgan fingerprint density at radius 2 is 1.58 bits per heavy atom. The lowest BCUT2D eigenvalue weighted by molar-refractivity contribution is -0.122. The third kappa shape index (κ3) is 3.11. The highest BCUT2D eigenvalue weighted by Gasteiger charge is 2.34. The zero-order chi connectivity index (χ0) is 22.5. The van der Waals surface area contributed by atoms with Crippen molar-refractivity contribution in [2.75, 3.05) is 6.54 Å². The summed E-state index contributed by atoms with van der Waals surface area (Å²) in [4.78, 5) is 26.2. The maximum Gasteiger partial charge on any atom is 0.259 e. The van der Waals surface area contributed by atoms with Gasteiger partial charge in [0.15, 0.2) is 0 Å². The van der Waals surface area contributed by atoms with Gasteiger partial charge in [0.2, 0.25) is 0 Å². The summed E-state index contributed by atoms with van der Waals surface area (Å²) in [6.45, 7) is 1.66. The zero-order valence-corrected chi connectivity index (χ0v) is 18.3. The summed E-state index contributed by atoms with van der Waals surface area (Å²) < 4.78 is 2.36. The number of benzene rings is 3. The van der Waals surface area contributed by atoms with Crippen LogP contribution in [0.25, 0.3) is 32.8 Å². The van der Waals surface area contributed by atoms with Crippen LogP contribution in [0.2, 0.25) is 0 Å². The number of rotatable bonds is 4. The molecule has 2 aliphatic rings. The fraction of sp³-hybridized carbons (Fsp3) is 0.214. The minimum Gasteiger partial charge on any atom is -0.345 e. The van der Waals surface area contributed by atoms with Gasteiger partial charge in [-0.05, 0) is 65.8 Å². The Bertz CT molecular complexity index is 1470. The lowest BCUT2D eigenvalue weighted by atomic mass is 9.91. The number of nitrogens with one attached hydrogen (secondary N) is 1. The quantitative estimate of drug-likeness (QED) is 0.470. The van der Waals surface area contributed by atoms with Crippen molar-refractivity contribution in [2.24, 2.45) is 11.7 Å². The number of hydrogen-bond donors (Lipinski definition) is 2. The van der Waals surface area contributed by atoms with Crippen LogP contribution in [0.15, 0.2) is 66.7 Å². The number of imide groups is 1. The average molecular weight is 436 g/mol. The van der Waals surface area contributed by atoms with E-state index in [2.05, 4.69) is 22.0 Å². The Kier molecular flexibility index (Phi) is 4.66. The standard InChI is InChI=1S/C28H25N3O2/c29-13-11-17-12-14-31-19(15-17)16-23-22(9-4-10-24(23)31)26-25(27(32)30-28(26)33)21-8-3-6-18-5-1-2-7-20(18)21/h1-10,16-17H,11-15,29H2,(H,30,32,33). The number of nitrogens with zero attached hydrogens (tertiary/aromatic N) is 1. The van der Waals surface area contributed by atoms with Gasteiger partial charge in [0.25, 0.3) is 11.8 Å². The van der Waals surface area contributed by atoms with Crippen molar-refractivity contribution in [3.05, 3.63) is 83.6 Å². The van der Waals surface area contributed by atoms with Crippen molar-refractivity contribution < 1.29 is 9.59 Å². The Morgan fingerprint density at radius 3 is 2.36 bits per heavy atom. The number of fused-ring (bicyclic) bond motifs is 4. The van der Waals surface area contributed by atoms with Crippen molar-refractivity contribution in [3.63, 3.8) is 0 Å². The third-order valence-corrected chi connectivity index (χ3v) is 7.12. The SMILES string of the molecule is NCCC1CCn2c(cc3c(C4=C(c5cccc6ccccc56)C(=O)NC4=O)cccc32)C1. The van der Waals surface area contributed by atoms with Gasteiger partial charge >= 0.3 is 0 Å². The minimum absolute atomic E-state index is 0.333. The number of hydrogen-bond acceptors (Lipinski definition) is 3. The van der Waals surface area contributed by atoms with Crippen LogP contribution in [0.4, 0.5) is 0 Å². The molecule has 0 radical (unpaired) electrons. The summed E-state index contributed by atoms with van der Waals surface area (Å²) in [5, 5.41) is 5.59. The highest BCUT2D eigenvalue weighted by Crippen LogP contribution is 2.39. The minimum atomic E-state index is -0.338. The zero-order valence-electron chi connectivity index (χ0n) is 18.3. The second-order valence-electron chi connectivity index (χ2n) is 9.02. The van der Waals surface area contributed by atoms with E-state index in [-0.39, 0.29) is 11.8 Å². The number of amides is 2. The highest BCUT2D eigenvalue weighted by atomic mass is 16.2. The van der Waals surface area contributed by atoms with E-state index in [0.29, 0.717) is 23.6 Å². The van der Waals surface area contributed by atoms with Crippen LogP contribution < -0.4 is 11.1 Å². The molecule has 3 N–H and O–H groups in total.